The summed E-state index contributed by atoms with van der Waals surface area (Å²) >= 11 is 0. The van der Waals surface area contributed by atoms with Crippen molar-refractivity contribution in [2.24, 2.45) is 0 Å². The van der Waals surface area contributed by atoms with Gasteiger partial charge < -0.3 is 4.74 Å². The highest BCUT2D eigenvalue weighted by molar-refractivity contribution is 5.37. The summed E-state index contributed by atoms with van der Waals surface area (Å²) < 4.78 is 4.96. The highest BCUT2D eigenvalue weighted by Gasteiger charge is 2.08. The third-order valence-corrected chi connectivity index (χ3v) is 1.18. The second-order valence-electron chi connectivity index (χ2n) is 1.92. The number of hydrogen-bond acceptors (Lipinski definition) is 4. The van der Waals surface area contributed by atoms with Gasteiger partial charge in [0.2, 0.25) is 0 Å². The zero-order chi connectivity index (χ0) is 8.97. The second kappa shape index (κ2) is 3.40. The van der Waals surface area contributed by atoms with E-state index in [1.165, 1.54) is 0 Å². The Morgan fingerprint density at radius 1 is 1.50 bits per heavy atom. The van der Waals surface area contributed by atoms with E-state index >= 15 is 0 Å². The van der Waals surface area contributed by atoms with Crippen LogP contribution in [0.5, 0.6) is 6.01 Å². The summed E-state index contributed by atoms with van der Waals surface area (Å²) in [5.74, 6) is 0. The van der Waals surface area contributed by atoms with Gasteiger partial charge in [0.05, 0.1) is 6.61 Å². The van der Waals surface area contributed by atoms with Crippen molar-refractivity contribution in [2.45, 2.75) is 6.92 Å². The van der Waals surface area contributed by atoms with Crippen LogP contribution in [0.25, 0.3) is 0 Å². The van der Waals surface area contributed by atoms with Crippen LogP contribution in [0.3, 0.4) is 0 Å². The second-order valence-corrected chi connectivity index (χ2v) is 1.92. The van der Waals surface area contributed by atoms with Crippen LogP contribution in [0.2, 0.25) is 0 Å². The molecule has 0 aliphatic carbocycles. The molecule has 5 heteroatoms. The summed E-state index contributed by atoms with van der Waals surface area (Å²) in [7, 11) is 0. The molecule has 0 unspecified atom stereocenters. The molecule has 0 atom stereocenters. The molecular weight excluding hydrogens is 156 g/mol. The van der Waals surface area contributed by atoms with E-state index in [2.05, 4.69) is 9.97 Å². The Labute approximate surface area is 69.2 Å². The van der Waals surface area contributed by atoms with Crippen molar-refractivity contribution in [2.75, 3.05) is 6.61 Å². The smallest absolute Gasteiger partial charge is 0.295 e. The monoisotopic (exact) mass is 162 g/mol. The quantitative estimate of drug-likeness (QED) is 0.688. The lowest BCUT2D eigenvalue weighted by molar-refractivity contribution is 0.315. The molecule has 0 spiro atoms. The topological polar surface area (TPSA) is 85.5 Å². The lowest BCUT2D eigenvalue weighted by Gasteiger charge is -1.92. The maximum absolute atomic E-state index is 8.50. The summed E-state index contributed by atoms with van der Waals surface area (Å²) in [6, 6.07) is 3.80. The third-order valence-electron chi connectivity index (χ3n) is 1.18. The molecule has 0 aliphatic rings. The number of aromatic amines is 1. The van der Waals surface area contributed by atoms with Gasteiger partial charge in [0.1, 0.15) is 12.1 Å². The van der Waals surface area contributed by atoms with Crippen LogP contribution in [0.4, 0.5) is 0 Å². The molecule has 1 aromatic rings. The predicted octanol–water partition coefficient (Wildman–Crippen LogP) is 0.552. The number of hydrogen-bond donors (Lipinski definition) is 1. The molecule has 1 N–H and O–H groups in total. The van der Waals surface area contributed by atoms with E-state index in [9.17, 15) is 0 Å². The Bertz CT molecular complexity index is 323. The van der Waals surface area contributed by atoms with E-state index in [1.54, 1.807) is 19.1 Å². The lowest BCUT2D eigenvalue weighted by Crippen LogP contribution is -1.92. The fraction of sp³-hybridized carbons (Fsp3) is 0.286. The van der Waals surface area contributed by atoms with Crippen LogP contribution in [0.1, 0.15) is 18.3 Å². The number of aromatic nitrogens is 2. The third kappa shape index (κ3) is 1.35. The molecule has 0 radical (unpaired) electrons. The van der Waals surface area contributed by atoms with Crippen LogP contribution >= 0.6 is 0 Å². The van der Waals surface area contributed by atoms with Gasteiger partial charge in [-0.05, 0) is 6.92 Å². The molecule has 1 rings (SSSR count). The van der Waals surface area contributed by atoms with Gasteiger partial charge in [0.25, 0.3) is 6.01 Å². The molecule has 0 fully saturated rings. The molecule has 60 valence electrons. The number of nitrogens with zero attached hydrogens (tertiary/aromatic N) is 3. The Hall–Kier alpha value is -2.01. The molecule has 0 saturated carbocycles. The van der Waals surface area contributed by atoms with Gasteiger partial charge in [-0.1, -0.05) is 0 Å². The lowest BCUT2D eigenvalue weighted by atomic mass is 10.4. The van der Waals surface area contributed by atoms with E-state index < -0.39 is 0 Å². The van der Waals surface area contributed by atoms with Gasteiger partial charge in [-0.25, -0.2) is 0 Å². The minimum absolute atomic E-state index is 0.0703. The summed E-state index contributed by atoms with van der Waals surface area (Å²) in [6.07, 6.45) is 0. The maximum atomic E-state index is 8.50. The number of nitrogens with one attached hydrogen (secondary N) is 1. The number of rotatable bonds is 2. The molecule has 0 aliphatic heterocycles. The molecule has 12 heavy (non-hydrogen) atoms. The average Bonchev–Trinajstić information content (AvgIpc) is 2.48. The van der Waals surface area contributed by atoms with Crippen molar-refractivity contribution in [1.29, 1.82) is 10.5 Å². The first kappa shape index (κ1) is 8.09. The predicted molar refractivity (Wildman–Crippen MR) is 39.2 cm³/mol. The average molecular weight is 162 g/mol. The van der Waals surface area contributed by atoms with Gasteiger partial charge in [0.15, 0.2) is 11.4 Å². The zero-order valence-corrected chi connectivity index (χ0v) is 6.46. The van der Waals surface area contributed by atoms with E-state index in [-0.39, 0.29) is 17.4 Å². The van der Waals surface area contributed by atoms with E-state index in [4.69, 9.17) is 15.3 Å². The molecular formula is C7H6N4O. The minimum atomic E-state index is 0.0703. The van der Waals surface area contributed by atoms with E-state index in [0.29, 0.717) is 6.61 Å². The summed E-state index contributed by atoms with van der Waals surface area (Å²) in [5, 5.41) is 17.0. The minimum Gasteiger partial charge on any atom is -0.465 e. The molecule has 0 bridgehead atoms. The van der Waals surface area contributed by atoms with Crippen molar-refractivity contribution in [3.8, 4) is 18.1 Å². The van der Waals surface area contributed by atoms with E-state index in [1.807, 2.05) is 0 Å². The maximum Gasteiger partial charge on any atom is 0.295 e. The van der Waals surface area contributed by atoms with Crippen molar-refractivity contribution in [1.82, 2.24) is 9.97 Å². The number of ether oxygens (including phenoxy) is 1. The Kier molecular flexibility index (Phi) is 2.29. The molecule has 0 aromatic carbocycles. The SMILES string of the molecule is CCOc1nc(C#N)c(C#N)[nH]1. The fourth-order valence-corrected chi connectivity index (χ4v) is 0.718. The normalized spacial score (nSPS) is 8.58. The summed E-state index contributed by atoms with van der Waals surface area (Å²) in [4.78, 5) is 6.29. The Morgan fingerprint density at radius 2 is 2.25 bits per heavy atom. The standard InChI is InChI=1S/C7H6N4O/c1-2-12-7-10-5(3-8)6(4-9)11-7/h2H2,1H3,(H,10,11). The van der Waals surface area contributed by atoms with Crippen LogP contribution < -0.4 is 4.74 Å². The fourth-order valence-electron chi connectivity index (χ4n) is 0.718. The van der Waals surface area contributed by atoms with Gasteiger partial charge in [-0.2, -0.15) is 15.5 Å². The van der Waals surface area contributed by atoms with Gasteiger partial charge in [-0.15, -0.1) is 0 Å². The van der Waals surface area contributed by atoms with E-state index in [0.717, 1.165) is 0 Å². The molecule has 1 heterocycles. The van der Waals surface area contributed by atoms with Crippen LogP contribution in [0.15, 0.2) is 0 Å². The largest absolute Gasteiger partial charge is 0.465 e. The summed E-state index contributed by atoms with van der Waals surface area (Å²) in [5.41, 5.74) is 0.210. The Morgan fingerprint density at radius 3 is 2.67 bits per heavy atom. The number of imidazole rings is 1. The van der Waals surface area contributed by atoms with Gasteiger partial charge in [0, 0.05) is 0 Å². The Balaban J connectivity index is 3.01. The van der Waals surface area contributed by atoms with Crippen molar-refractivity contribution < 1.29 is 4.74 Å². The number of H-pyrrole nitrogens is 1. The van der Waals surface area contributed by atoms with Crippen molar-refractivity contribution >= 4 is 0 Å². The zero-order valence-electron chi connectivity index (χ0n) is 6.46. The van der Waals surface area contributed by atoms with Crippen LogP contribution in [-0.4, -0.2) is 16.6 Å². The number of nitriles is 2. The first-order valence-electron chi connectivity index (χ1n) is 3.34. The summed E-state index contributed by atoms with van der Waals surface area (Å²) in [6.45, 7) is 2.24. The first-order valence-corrected chi connectivity index (χ1v) is 3.34. The van der Waals surface area contributed by atoms with Crippen molar-refractivity contribution in [3.63, 3.8) is 0 Å². The molecule has 1 aromatic heterocycles. The molecule has 5 nitrogen and oxygen atoms in total. The van der Waals surface area contributed by atoms with Crippen LogP contribution in [-0.2, 0) is 0 Å². The van der Waals surface area contributed by atoms with Crippen molar-refractivity contribution in [3.05, 3.63) is 11.4 Å². The first-order chi connectivity index (χ1) is 5.81. The van der Waals surface area contributed by atoms with Crippen LogP contribution in [0, 0.1) is 22.7 Å². The van der Waals surface area contributed by atoms with Gasteiger partial charge >= 0.3 is 0 Å². The van der Waals surface area contributed by atoms with Gasteiger partial charge in [-0.3, -0.25) is 4.98 Å². The molecule has 0 saturated heterocycles. The molecule has 0 amide bonds. The highest BCUT2D eigenvalue weighted by atomic mass is 16.5. The highest BCUT2D eigenvalue weighted by Crippen LogP contribution is 2.09.